The zero-order chi connectivity index (χ0) is 11.1. The topological polar surface area (TPSA) is 37.2 Å². The number of furan rings is 1. The van der Waals surface area contributed by atoms with Crippen molar-refractivity contribution in [2.24, 2.45) is 0 Å². The average Bonchev–Trinajstić information content (AvgIpc) is 2.57. The minimum Gasteiger partial charge on any atom is -0.457 e. The van der Waals surface area contributed by atoms with E-state index >= 15 is 0 Å². The molecule has 0 aromatic carbocycles. The van der Waals surface area contributed by atoms with Crippen molar-refractivity contribution < 1.29 is 4.42 Å². The highest BCUT2D eigenvalue weighted by Crippen LogP contribution is 2.16. The van der Waals surface area contributed by atoms with Crippen LogP contribution in [-0.2, 0) is 6.54 Å². The second-order valence-corrected chi connectivity index (χ2v) is 4.58. The third-order valence-corrected chi connectivity index (χ3v) is 2.79. The zero-order valence-corrected chi connectivity index (χ0v) is 10.9. The van der Waals surface area contributed by atoms with Crippen molar-refractivity contribution in [2.45, 2.75) is 32.9 Å². The average molecular weight is 275 g/mol. The number of hydrogen-bond acceptors (Lipinski definition) is 3. The summed E-state index contributed by atoms with van der Waals surface area (Å²) in [5, 5.41) is 6.76. The Hall–Kier alpha value is -0.320. The third kappa shape index (κ3) is 5.35. The maximum absolute atomic E-state index is 5.14. The summed E-state index contributed by atoms with van der Waals surface area (Å²) in [4.78, 5) is 0. The lowest BCUT2D eigenvalue weighted by molar-refractivity contribution is 0.527. The molecule has 86 valence electrons. The van der Waals surface area contributed by atoms with Gasteiger partial charge in [0.25, 0.3) is 0 Å². The maximum Gasteiger partial charge on any atom is 0.173 e. The summed E-state index contributed by atoms with van der Waals surface area (Å²) < 4.78 is 5.97. The van der Waals surface area contributed by atoms with E-state index in [2.05, 4.69) is 40.4 Å². The molecular weight excluding hydrogens is 256 g/mol. The highest BCUT2D eigenvalue weighted by Gasteiger charge is 2.01. The summed E-state index contributed by atoms with van der Waals surface area (Å²) >= 11 is 3.35. The normalized spacial score (nSPS) is 11.2. The van der Waals surface area contributed by atoms with Crippen LogP contribution in [-0.4, -0.2) is 19.1 Å². The third-order valence-electron chi connectivity index (χ3n) is 2.09. The van der Waals surface area contributed by atoms with E-state index in [9.17, 15) is 0 Å². The van der Waals surface area contributed by atoms with Gasteiger partial charge in [-0.15, -0.1) is 0 Å². The molecule has 0 saturated heterocycles. The Morgan fingerprint density at radius 2 is 2.20 bits per heavy atom. The van der Waals surface area contributed by atoms with E-state index < -0.39 is 0 Å². The van der Waals surface area contributed by atoms with Crippen molar-refractivity contribution in [3.8, 4) is 0 Å². The Balaban J connectivity index is 2.00. The van der Waals surface area contributed by atoms with Crippen molar-refractivity contribution in [1.82, 2.24) is 10.6 Å². The van der Waals surface area contributed by atoms with Gasteiger partial charge in [-0.3, -0.25) is 0 Å². The van der Waals surface area contributed by atoms with Gasteiger partial charge in [0.05, 0.1) is 6.26 Å². The van der Waals surface area contributed by atoms with Crippen molar-refractivity contribution in [2.75, 3.05) is 13.1 Å². The molecule has 1 aromatic heterocycles. The summed E-state index contributed by atoms with van der Waals surface area (Å²) in [6.07, 6.45) is 2.84. The highest BCUT2D eigenvalue weighted by molar-refractivity contribution is 9.10. The molecule has 0 bridgehead atoms. The lowest BCUT2D eigenvalue weighted by atomic mass is 10.3. The molecule has 0 unspecified atom stereocenters. The molecular formula is C11H19BrN2O. The minimum atomic E-state index is 0.577. The van der Waals surface area contributed by atoms with Gasteiger partial charge in [-0.1, -0.05) is 13.8 Å². The Bertz CT molecular complexity index is 273. The molecule has 0 saturated carbocycles. The first-order valence-electron chi connectivity index (χ1n) is 5.36. The van der Waals surface area contributed by atoms with Crippen LogP contribution in [0.4, 0.5) is 0 Å². The van der Waals surface area contributed by atoms with Crippen LogP contribution in [0.15, 0.2) is 21.4 Å². The summed E-state index contributed by atoms with van der Waals surface area (Å²) in [5.74, 6) is 0. The molecule has 1 rings (SSSR count). The van der Waals surface area contributed by atoms with Gasteiger partial charge >= 0.3 is 0 Å². The molecule has 3 nitrogen and oxygen atoms in total. The molecule has 1 heterocycles. The molecule has 0 atom stereocenters. The molecule has 0 radical (unpaired) electrons. The maximum atomic E-state index is 5.14. The monoisotopic (exact) mass is 274 g/mol. The van der Waals surface area contributed by atoms with E-state index in [1.54, 1.807) is 6.26 Å². The fourth-order valence-electron chi connectivity index (χ4n) is 1.27. The number of nitrogens with one attached hydrogen (secondary N) is 2. The van der Waals surface area contributed by atoms with Crippen LogP contribution in [0.25, 0.3) is 0 Å². The highest BCUT2D eigenvalue weighted by atomic mass is 79.9. The van der Waals surface area contributed by atoms with E-state index in [0.29, 0.717) is 6.04 Å². The van der Waals surface area contributed by atoms with E-state index in [0.717, 1.165) is 30.7 Å². The van der Waals surface area contributed by atoms with Gasteiger partial charge in [-0.2, -0.15) is 0 Å². The molecule has 0 amide bonds. The first kappa shape index (κ1) is 12.7. The lowest BCUT2D eigenvalue weighted by Crippen LogP contribution is -2.26. The smallest absolute Gasteiger partial charge is 0.173 e. The van der Waals surface area contributed by atoms with Crippen LogP contribution in [0.3, 0.4) is 0 Å². The molecule has 0 fully saturated rings. The molecule has 15 heavy (non-hydrogen) atoms. The molecule has 2 N–H and O–H groups in total. The molecule has 0 aliphatic carbocycles. The second-order valence-electron chi connectivity index (χ2n) is 3.86. The summed E-state index contributed by atoms with van der Waals surface area (Å²) in [5.41, 5.74) is 1.17. The Kier molecular flexibility index (Phi) is 5.98. The SMILES string of the molecule is CC(C)NCCCNCc1ccoc1Br. The van der Waals surface area contributed by atoms with Crippen LogP contribution in [0.1, 0.15) is 25.8 Å². The van der Waals surface area contributed by atoms with Crippen LogP contribution in [0.2, 0.25) is 0 Å². The van der Waals surface area contributed by atoms with Crippen molar-refractivity contribution in [1.29, 1.82) is 0 Å². The zero-order valence-electron chi connectivity index (χ0n) is 9.35. The Morgan fingerprint density at radius 3 is 2.80 bits per heavy atom. The molecule has 1 aromatic rings. The summed E-state index contributed by atoms with van der Waals surface area (Å²) in [6, 6.07) is 2.55. The quantitative estimate of drug-likeness (QED) is 0.751. The van der Waals surface area contributed by atoms with Crippen LogP contribution in [0.5, 0.6) is 0 Å². The van der Waals surface area contributed by atoms with Gasteiger partial charge in [0.2, 0.25) is 0 Å². The van der Waals surface area contributed by atoms with Crippen LogP contribution >= 0.6 is 15.9 Å². The van der Waals surface area contributed by atoms with Crippen molar-refractivity contribution >= 4 is 15.9 Å². The fourth-order valence-corrected chi connectivity index (χ4v) is 1.65. The van der Waals surface area contributed by atoms with E-state index in [1.165, 1.54) is 5.56 Å². The van der Waals surface area contributed by atoms with Gasteiger partial charge in [0.1, 0.15) is 0 Å². The van der Waals surface area contributed by atoms with Gasteiger partial charge in [0.15, 0.2) is 4.67 Å². The number of halogens is 1. The number of hydrogen-bond donors (Lipinski definition) is 2. The summed E-state index contributed by atoms with van der Waals surface area (Å²) in [7, 11) is 0. The second kappa shape index (κ2) is 7.04. The first-order chi connectivity index (χ1) is 7.20. The van der Waals surface area contributed by atoms with Gasteiger partial charge in [-0.25, -0.2) is 0 Å². The largest absolute Gasteiger partial charge is 0.457 e. The van der Waals surface area contributed by atoms with Crippen LogP contribution < -0.4 is 10.6 Å². The molecule has 0 aliphatic heterocycles. The van der Waals surface area contributed by atoms with Gasteiger partial charge < -0.3 is 15.1 Å². The Morgan fingerprint density at radius 1 is 1.40 bits per heavy atom. The summed E-state index contributed by atoms with van der Waals surface area (Å²) in [6.45, 7) is 7.28. The fraction of sp³-hybridized carbons (Fsp3) is 0.636. The Labute approximate surface area is 99.7 Å². The van der Waals surface area contributed by atoms with Gasteiger partial charge in [-0.05, 0) is 41.5 Å². The minimum absolute atomic E-state index is 0.577. The predicted octanol–water partition coefficient (Wildman–Crippen LogP) is 2.52. The van der Waals surface area contributed by atoms with E-state index in [4.69, 9.17) is 4.42 Å². The lowest BCUT2D eigenvalue weighted by Gasteiger charge is -2.08. The standard InChI is InChI=1S/C11H19BrN2O/c1-9(2)14-6-3-5-13-8-10-4-7-15-11(10)12/h4,7,9,13-14H,3,5-6,8H2,1-2H3. The molecule has 0 aliphatic rings. The van der Waals surface area contributed by atoms with Crippen LogP contribution in [0, 0.1) is 0 Å². The molecule has 4 heteroatoms. The predicted molar refractivity (Wildman–Crippen MR) is 65.9 cm³/mol. The molecule has 0 spiro atoms. The van der Waals surface area contributed by atoms with Gasteiger partial charge in [0, 0.05) is 18.2 Å². The van der Waals surface area contributed by atoms with E-state index in [-0.39, 0.29) is 0 Å². The first-order valence-corrected chi connectivity index (χ1v) is 6.15. The van der Waals surface area contributed by atoms with Crippen molar-refractivity contribution in [3.63, 3.8) is 0 Å². The van der Waals surface area contributed by atoms with E-state index in [1.807, 2.05) is 6.07 Å². The van der Waals surface area contributed by atoms with Crippen molar-refractivity contribution in [3.05, 3.63) is 22.6 Å². The number of rotatable bonds is 7.